The molecule has 1 N–H and O–H groups in total. The summed E-state index contributed by atoms with van der Waals surface area (Å²) in [5, 5.41) is 16.3. The van der Waals surface area contributed by atoms with Gasteiger partial charge in [0.05, 0.1) is 5.69 Å². The van der Waals surface area contributed by atoms with Gasteiger partial charge in [0.25, 0.3) is 0 Å². The van der Waals surface area contributed by atoms with Gasteiger partial charge in [-0.15, -0.1) is 22.6 Å². The summed E-state index contributed by atoms with van der Waals surface area (Å²) in [6.07, 6.45) is 0.934. The molecule has 98 valence electrons. The average Bonchev–Trinajstić information content (AvgIpc) is 2.74. The van der Waals surface area contributed by atoms with Gasteiger partial charge < -0.3 is 9.88 Å². The fraction of sp³-hybridized carbons (Fsp3) is 0.545. The molecular formula is C11H17ClN6. The lowest BCUT2D eigenvalue weighted by Gasteiger charge is -2.06. The van der Waals surface area contributed by atoms with E-state index in [1.165, 1.54) is 0 Å². The second-order valence-electron chi connectivity index (χ2n) is 4.39. The summed E-state index contributed by atoms with van der Waals surface area (Å²) in [5.41, 5.74) is 2.04. The summed E-state index contributed by atoms with van der Waals surface area (Å²) in [7, 11) is 1.94. The van der Waals surface area contributed by atoms with Crippen LogP contribution in [-0.2, 0) is 20.0 Å². The Kier molecular flexibility index (Phi) is 3.68. The van der Waals surface area contributed by atoms with Crippen molar-refractivity contribution in [3.8, 4) is 11.5 Å². The largest absolute Gasteiger partial charge is 0.315 e. The summed E-state index contributed by atoms with van der Waals surface area (Å²) in [6.45, 7) is 4.85. The van der Waals surface area contributed by atoms with Crippen LogP contribution in [0, 0.1) is 6.92 Å². The lowest BCUT2D eigenvalue weighted by atomic mass is 10.3. The lowest BCUT2D eigenvalue weighted by molar-refractivity contribution is 0.642. The van der Waals surface area contributed by atoms with Crippen LogP contribution >= 0.6 is 12.4 Å². The van der Waals surface area contributed by atoms with Crippen LogP contribution < -0.4 is 5.32 Å². The quantitative estimate of drug-likeness (QED) is 0.821. The van der Waals surface area contributed by atoms with Crippen molar-refractivity contribution in [1.29, 1.82) is 0 Å². The van der Waals surface area contributed by atoms with Gasteiger partial charge in [-0.1, -0.05) is 0 Å². The van der Waals surface area contributed by atoms with Crippen molar-refractivity contribution in [2.45, 2.75) is 19.9 Å². The van der Waals surface area contributed by atoms with E-state index in [1.54, 1.807) is 0 Å². The first kappa shape index (κ1) is 13.0. The van der Waals surface area contributed by atoms with Crippen LogP contribution in [0.3, 0.4) is 0 Å². The van der Waals surface area contributed by atoms with Crippen molar-refractivity contribution in [1.82, 2.24) is 29.9 Å². The molecule has 18 heavy (non-hydrogen) atoms. The molecule has 0 spiro atoms. The van der Waals surface area contributed by atoms with Crippen molar-refractivity contribution >= 4 is 12.4 Å². The molecule has 7 heteroatoms. The normalized spacial score (nSPS) is 14.8. The third kappa shape index (κ3) is 2.13. The number of rotatable bonds is 1. The summed E-state index contributed by atoms with van der Waals surface area (Å²) in [5.74, 6) is 1.98. The first-order valence-electron chi connectivity index (χ1n) is 5.89. The highest BCUT2D eigenvalue weighted by Gasteiger charge is 2.18. The highest BCUT2D eigenvalue weighted by Crippen LogP contribution is 2.19. The topological polar surface area (TPSA) is 60.6 Å². The molecule has 1 aliphatic rings. The fourth-order valence-corrected chi connectivity index (χ4v) is 2.28. The number of hydrogen-bond acceptors (Lipinski definition) is 4. The number of aromatic nitrogens is 5. The summed E-state index contributed by atoms with van der Waals surface area (Å²) in [6, 6.07) is 2.05. The van der Waals surface area contributed by atoms with Crippen LogP contribution in [0.15, 0.2) is 6.07 Å². The molecule has 2 aromatic heterocycles. The third-order valence-electron chi connectivity index (χ3n) is 3.10. The van der Waals surface area contributed by atoms with Crippen molar-refractivity contribution < 1.29 is 0 Å². The average molecular weight is 269 g/mol. The van der Waals surface area contributed by atoms with Gasteiger partial charge in [-0.05, 0) is 13.0 Å². The molecular weight excluding hydrogens is 252 g/mol. The molecule has 0 aromatic carbocycles. The molecule has 0 fully saturated rings. The minimum Gasteiger partial charge on any atom is -0.315 e. The van der Waals surface area contributed by atoms with E-state index in [0.717, 1.165) is 49.1 Å². The smallest absolute Gasteiger partial charge is 0.182 e. The summed E-state index contributed by atoms with van der Waals surface area (Å²) < 4.78 is 4.06. The molecule has 3 rings (SSSR count). The Balaban J connectivity index is 0.00000120. The van der Waals surface area contributed by atoms with E-state index in [0.29, 0.717) is 0 Å². The molecule has 6 nitrogen and oxygen atoms in total. The van der Waals surface area contributed by atoms with Crippen molar-refractivity contribution in [3.63, 3.8) is 0 Å². The number of aryl methyl sites for hydroxylation is 2. The van der Waals surface area contributed by atoms with E-state index in [2.05, 4.69) is 31.2 Å². The molecule has 1 aliphatic heterocycles. The molecule has 0 amide bonds. The fourth-order valence-electron chi connectivity index (χ4n) is 2.28. The van der Waals surface area contributed by atoms with E-state index >= 15 is 0 Å². The van der Waals surface area contributed by atoms with E-state index in [9.17, 15) is 0 Å². The molecule has 0 unspecified atom stereocenters. The van der Waals surface area contributed by atoms with Gasteiger partial charge in [-0.25, -0.2) is 0 Å². The highest BCUT2D eigenvalue weighted by molar-refractivity contribution is 5.85. The van der Waals surface area contributed by atoms with E-state index < -0.39 is 0 Å². The zero-order valence-electron chi connectivity index (χ0n) is 10.6. The minimum absolute atomic E-state index is 0. The minimum atomic E-state index is 0. The van der Waals surface area contributed by atoms with Gasteiger partial charge >= 0.3 is 0 Å². The van der Waals surface area contributed by atoms with Crippen LogP contribution in [0.25, 0.3) is 11.5 Å². The first-order chi connectivity index (χ1) is 8.25. The number of fused-ring (bicyclic) bond motifs is 1. The summed E-state index contributed by atoms with van der Waals surface area (Å²) in [4.78, 5) is 0. The Hall–Kier alpha value is -1.40. The Morgan fingerprint density at radius 3 is 2.83 bits per heavy atom. The number of hydrogen-bond donors (Lipinski definition) is 1. The van der Waals surface area contributed by atoms with Gasteiger partial charge in [-0.2, -0.15) is 5.10 Å². The Labute approximate surface area is 112 Å². The molecule has 2 aromatic rings. The van der Waals surface area contributed by atoms with Crippen LogP contribution in [0.1, 0.15) is 11.5 Å². The maximum atomic E-state index is 4.36. The second-order valence-corrected chi connectivity index (χ2v) is 4.39. The molecule has 0 radical (unpaired) electrons. The summed E-state index contributed by atoms with van der Waals surface area (Å²) >= 11 is 0. The Morgan fingerprint density at radius 1 is 1.28 bits per heavy atom. The monoisotopic (exact) mass is 268 g/mol. The second kappa shape index (κ2) is 5.07. The zero-order chi connectivity index (χ0) is 11.8. The predicted octanol–water partition coefficient (Wildman–Crippen LogP) is 0.555. The standard InChI is InChI=1S/C11H16N6.ClH/c1-8-7-9(16(2)15-8)11-14-13-10-3-4-12-5-6-17(10)11;/h7,12H,3-6H2,1-2H3;1H. The number of nitrogens with zero attached hydrogens (tertiary/aromatic N) is 5. The van der Waals surface area contributed by atoms with E-state index in [-0.39, 0.29) is 12.4 Å². The van der Waals surface area contributed by atoms with E-state index in [4.69, 9.17) is 0 Å². The first-order valence-corrected chi connectivity index (χ1v) is 5.89. The maximum absolute atomic E-state index is 4.36. The van der Waals surface area contributed by atoms with Crippen molar-refractivity contribution in [3.05, 3.63) is 17.6 Å². The van der Waals surface area contributed by atoms with Crippen LogP contribution in [0.5, 0.6) is 0 Å². The van der Waals surface area contributed by atoms with Crippen molar-refractivity contribution in [2.75, 3.05) is 13.1 Å². The molecule has 0 atom stereocenters. The molecule has 0 bridgehead atoms. The molecule has 0 saturated heterocycles. The van der Waals surface area contributed by atoms with E-state index in [1.807, 2.05) is 18.7 Å². The van der Waals surface area contributed by atoms with Gasteiger partial charge in [0, 0.05) is 33.1 Å². The lowest BCUT2D eigenvalue weighted by Crippen LogP contribution is -2.18. The van der Waals surface area contributed by atoms with Crippen molar-refractivity contribution in [2.24, 2.45) is 7.05 Å². The highest BCUT2D eigenvalue weighted by atomic mass is 35.5. The van der Waals surface area contributed by atoms with Gasteiger partial charge in [0.15, 0.2) is 5.82 Å². The van der Waals surface area contributed by atoms with Crippen LogP contribution in [0.2, 0.25) is 0 Å². The molecule has 0 saturated carbocycles. The maximum Gasteiger partial charge on any atom is 0.182 e. The van der Waals surface area contributed by atoms with Crippen LogP contribution in [0.4, 0.5) is 0 Å². The zero-order valence-corrected chi connectivity index (χ0v) is 11.4. The third-order valence-corrected chi connectivity index (χ3v) is 3.10. The van der Waals surface area contributed by atoms with Gasteiger partial charge in [-0.3, -0.25) is 4.68 Å². The van der Waals surface area contributed by atoms with Gasteiger partial charge in [0.1, 0.15) is 11.5 Å². The predicted molar refractivity (Wildman–Crippen MR) is 70.8 cm³/mol. The molecule has 0 aliphatic carbocycles. The Bertz CT molecular complexity index is 544. The number of nitrogens with one attached hydrogen (secondary N) is 1. The molecule has 3 heterocycles. The number of halogens is 1. The Morgan fingerprint density at radius 2 is 2.11 bits per heavy atom. The van der Waals surface area contributed by atoms with Gasteiger partial charge in [0.2, 0.25) is 0 Å². The SMILES string of the molecule is Cc1cc(-c2nnc3n2CCNCC3)n(C)n1.Cl. The van der Waals surface area contributed by atoms with Crippen LogP contribution in [-0.4, -0.2) is 37.6 Å².